The van der Waals surface area contributed by atoms with Crippen molar-refractivity contribution in [1.82, 2.24) is 9.55 Å². The normalized spacial score (nSPS) is 10.4. The monoisotopic (exact) mass is 256 g/mol. The minimum absolute atomic E-state index is 0.139. The van der Waals surface area contributed by atoms with Crippen molar-refractivity contribution in [2.75, 3.05) is 17.7 Å². The van der Waals surface area contributed by atoms with E-state index in [2.05, 4.69) is 11.1 Å². The highest BCUT2D eigenvalue weighted by atomic mass is 16.1. The Balaban J connectivity index is 2.24. The average molecular weight is 256 g/mol. The first-order valence-corrected chi connectivity index (χ1v) is 6.07. The van der Waals surface area contributed by atoms with Gasteiger partial charge in [0, 0.05) is 25.8 Å². The number of nitrogen functional groups attached to an aromatic ring is 1. The molecule has 1 aromatic carbocycles. The minimum Gasteiger partial charge on any atom is -0.369 e. The van der Waals surface area contributed by atoms with E-state index in [-0.39, 0.29) is 11.5 Å². The summed E-state index contributed by atoms with van der Waals surface area (Å²) in [6, 6.07) is 9.68. The smallest absolute Gasteiger partial charge is 0.254 e. The van der Waals surface area contributed by atoms with Gasteiger partial charge in [0.1, 0.15) is 7.85 Å². The fraction of sp³-hybridized carbons (Fsp3) is 0.231. The Bertz CT molecular complexity index is 653. The first-order valence-electron chi connectivity index (χ1n) is 6.07. The molecule has 0 atom stereocenters. The number of anilines is 2. The van der Waals surface area contributed by atoms with Crippen LogP contribution in [0.1, 0.15) is 5.69 Å². The third kappa shape index (κ3) is 2.96. The Labute approximate surface area is 113 Å². The molecule has 6 heteroatoms. The van der Waals surface area contributed by atoms with Crippen LogP contribution in [0.3, 0.4) is 0 Å². The third-order valence-corrected chi connectivity index (χ3v) is 3.06. The molecule has 0 bridgehead atoms. The Morgan fingerprint density at radius 1 is 1.42 bits per heavy atom. The molecule has 0 unspecified atom stereocenters. The molecule has 98 valence electrons. The van der Waals surface area contributed by atoms with E-state index in [1.165, 1.54) is 16.1 Å². The summed E-state index contributed by atoms with van der Waals surface area (Å²) >= 11 is 0. The van der Waals surface area contributed by atoms with Gasteiger partial charge in [-0.25, -0.2) is 4.98 Å². The standard InChI is InChI=1S/C13H17BN4O/c1-17(11-5-3-4-9(14)6-11)8-10-7-12(19)18(2)13(15)16-10/h3-7H,8,14H2,1-2H3,(H2,15,16). The zero-order valence-electron chi connectivity index (χ0n) is 11.4. The van der Waals surface area contributed by atoms with Gasteiger partial charge in [0.15, 0.2) is 0 Å². The Morgan fingerprint density at radius 2 is 2.16 bits per heavy atom. The molecule has 0 fully saturated rings. The minimum atomic E-state index is -0.139. The molecule has 2 rings (SSSR count). The maximum Gasteiger partial charge on any atom is 0.254 e. The van der Waals surface area contributed by atoms with E-state index >= 15 is 0 Å². The van der Waals surface area contributed by atoms with Gasteiger partial charge < -0.3 is 10.6 Å². The number of rotatable bonds is 3. The van der Waals surface area contributed by atoms with Crippen LogP contribution >= 0.6 is 0 Å². The molecule has 1 heterocycles. The third-order valence-electron chi connectivity index (χ3n) is 3.06. The van der Waals surface area contributed by atoms with Crippen molar-refractivity contribution in [3.63, 3.8) is 0 Å². The van der Waals surface area contributed by atoms with Gasteiger partial charge >= 0.3 is 0 Å². The number of hydrogen-bond acceptors (Lipinski definition) is 4. The van der Waals surface area contributed by atoms with Crippen LogP contribution < -0.4 is 21.7 Å². The van der Waals surface area contributed by atoms with E-state index in [1.807, 2.05) is 38.0 Å². The van der Waals surface area contributed by atoms with Crippen molar-refractivity contribution in [3.8, 4) is 0 Å². The lowest BCUT2D eigenvalue weighted by molar-refractivity contribution is 0.801. The summed E-state index contributed by atoms with van der Waals surface area (Å²) in [5.74, 6) is 0.236. The number of nitrogens with zero attached hydrogens (tertiary/aromatic N) is 3. The van der Waals surface area contributed by atoms with Crippen LogP contribution in [0.5, 0.6) is 0 Å². The molecule has 2 N–H and O–H groups in total. The van der Waals surface area contributed by atoms with E-state index in [1.54, 1.807) is 7.05 Å². The summed E-state index contributed by atoms with van der Waals surface area (Å²) in [6.07, 6.45) is 0. The predicted molar refractivity (Wildman–Crippen MR) is 80.6 cm³/mol. The summed E-state index contributed by atoms with van der Waals surface area (Å²) in [5.41, 5.74) is 8.50. The molecule has 2 aromatic rings. The quantitative estimate of drug-likeness (QED) is 0.734. The first kappa shape index (κ1) is 13.2. The second-order valence-corrected chi connectivity index (χ2v) is 4.70. The van der Waals surface area contributed by atoms with E-state index in [4.69, 9.17) is 5.73 Å². The van der Waals surface area contributed by atoms with Crippen molar-refractivity contribution in [2.24, 2.45) is 7.05 Å². The molecule has 1 aromatic heterocycles. The highest BCUT2D eigenvalue weighted by molar-refractivity contribution is 6.32. The van der Waals surface area contributed by atoms with Crippen molar-refractivity contribution in [2.45, 2.75) is 6.54 Å². The lowest BCUT2D eigenvalue weighted by Crippen LogP contribution is -2.25. The molecule has 0 radical (unpaired) electrons. The van der Waals surface area contributed by atoms with Gasteiger partial charge in [-0.05, 0) is 12.1 Å². The van der Waals surface area contributed by atoms with Crippen LogP contribution in [0.15, 0.2) is 35.1 Å². The van der Waals surface area contributed by atoms with Crippen LogP contribution in [-0.2, 0) is 13.6 Å². The average Bonchev–Trinajstić information content (AvgIpc) is 2.36. The van der Waals surface area contributed by atoms with Crippen molar-refractivity contribution in [1.29, 1.82) is 0 Å². The van der Waals surface area contributed by atoms with E-state index in [0.717, 1.165) is 5.69 Å². The van der Waals surface area contributed by atoms with Crippen LogP contribution in [0.25, 0.3) is 0 Å². The number of nitrogens with two attached hydrogens (primary N) is 1. The van der Waals surface area contributed by atoms with E-state index < -0.39 is 0 Å². The molecule has 19 heavy (non-hydrogen) atoms. The summed E-state index contributed by atoms with van der Waals surface area (Å²) in [4.78, 5) is 17.9. The Kier molecular flexibility index (Phi) is 3.60. The maximum atomic E-state index is 11.7. The van der Waals surface area contributed by atoms with E-state index in [0.29, 0.717) is 12.2 Å². The fourth-order valence-corrected chi connectivity index (χ4v) is 1.89. The Morgan fingerprint density at radius 3 is 2.79 bits per heavy atom. The zero-order valence-corrected chi connectivity index (χ0v) is 11.4. The Hall–Kier alpha value is -2.24. The van der Waals surface area contributed by atoms with Crippen LogP contribution in [0, 0.1) is 0 Å². The SMILES string of the molecule is Bc1cccc(N(C)Cc2cc(=O)n(C)c(N)n2)c1. The van der Waals surface area contributed by atoms with Gasteiger partial charge in [-0.1, -0.05) is 17.6 Å². The molecule has 0 amide bonds. The molecule has 5 nitrogen and oxygen atoms in total. The maximum absolute atomic E-state index is 11.7. The molecule has 0 aliphatic rings. The van der Waals surface area contributed by atoms with Gasteiger partial charge in [0.2, 0.25) is 5.95 Å². The van der Waals surface area contributed by atoms with Crippen molar-refractivity contribution >= 4 is 24.9 Å². The summed E-state index contributed by atoms with van der Waals surface area (Å²) in [7, 11) is 5.62. The molecule has 0 aliphatic carbocycles. The largest absolute Gasteiger partial charge is 0.369 e. The predicted octanol–water partition coefficient (Wildman–Crippen LogP) is -0.743. The van der Waals surface area contributed by atoms with Crippen LogP contribution in [0.4, 0.5) is 11.6 Å². The lowest BCUT2D eigenvalue weighted by Gasteiger charge is -2.19. The lowest BCUT2D eigenvalue weighted by atomic mass is 9.96. The summed E-state index contributed by atoms with van der Waals surface area (Å²) in [5, 5.41) is 0. The number of aromatic nitrogens is 2. The second kappa shape index (κ2) is 5.18. The summed E-state index contributed by atoms with van der Waals surface area (Å²) < 4.78 is 1.33. The number of benzene rings is 1. The molecular weight excluding hydrogens is 239 g/mol. The molecule has 0 spiro atoms. The topological polar surface area (TPSA) is 64.2 Å². The second-order valence-electron chi connectivity index (χ2n) is 4.70. The van der Waals surface area contributed by atoms with Gasteiger partial charge in [0.05, 0.1) is 12.2 Å². The van der Waals surface area contributed by atoms with Gasteiger partial charge in [0.25, 0.3) is 5.56 Å². The zero-order chi connectivity index (χ0) is 14.0. The molecule has 0 saturated carbocycles. The highest BCUT2D eigenvalue weighted by Gasteiger charge is 2.06. The number of hydrogen-bond donors (Lipinski definition) is 1. The molecule has 0 aliphatic heterocycles. The van der Waals surface area contributed by atoms with Crippen molar-refractivity contribution in [3.05, 3.63) is 46.4 Å². The first-order chi connectivity index (χ1) is 8.97. The van der Waals surface area contributed by atoms with E-state index in [9.17, 15) is 4.79 Å². The van der Waals surface area contributed by atoms with Gasteiger partial charge in [-0.2, -0.15) is 0 Å². The fourth-order valence-electron chi connectivity index (χ4n) is 1.89. The van der Waals surface area contributed by atoms with Crippen molar-refractivity contribution < 1.29 is 0 Å². The van der Waals surface area contributed by atoms with Gasteiger partial charge in [-0.3, -0.25) is 9.36 Å². The van der Waals surface area contributed by atoms with Crippen LogP contribution in [0.2, 0.25) is 0 Å². The molecule has 0 saturated heterocycles. The highest BCUT2D eigenvalue weighted by Crippen LogP contribution is 2.12. The molecular formula is C13H17BN4O. The summed E-state index contributed by atoms with van der Waals surface area (Å²) in [6.45, 7) is 0.545. The van der Waals surface area contributed by atoms with Crippen LogP contribution in [-0.4, -0.2) is 24.4 Å². The van der Waals surface area contributed by atoms with Gasteiger partial charge in [-0.15, -0.1) is 0 Å².